The molecule has 0 spiro atoms. The molecular weight excluding hydrogens is 433 g/mol. The molecule has 5 rings (SSSR count). The first kappa shape index (κ1) is 22.4. The van der Waals surface area contributed by atoms with E-state index in [2.05, 4.69) is 17.2 Å². The molecule has 2 amide bonds. The summed E-state index contributed by atoms with van der Waals surface area (Å²) in [6.07, 6.45) is 5.33. The van der Waals surface area contributed by atoms with Gasteiger partial charge in [0.25, 0.3) is 5.91 Å². The quantitative estimate of drug-likeness (QED) is 0.616. The Kier molecular flexibility index (Phi) is 6.26. The summed E-state index contributed by atoms with van der Waals surface area (Å²) in [7, 11) is 1.68. The van der Waals surface area contributed by atoms with Crippen LogP contribution in [0.3, 0.4) is 0 Å². The number of likely N-dealkylation sites (tertiary alicyclic amines) is 2. The van der Waals surface area contributed by atoms with Crippen LogP contribution in [0.1, 0.15) is 47.5 Å². The highest BCUT2D eigenvalue weighted by molar-refractivity contribution is 5.94. The van der Waals surface area contributed by atoms with Crippen molar-refractivity contribution in [3.8, 4) is 5.75 Å². The molecule has 7 heteroatoms. The number of nitrogens with one attached hydrogen (secondary N) is 1. The van der Waals surface area contributed by atoms with Crippen molar-refractivity contribution in [1.29, 1.82) is 0 Å². The molecule has 0 unspecified atom stereocenters. The van der Waals surface area contributed by atoms with Gasteiger partial charge in [-0.2, -0.15) is 0 Å². The van der Waals surface area contributed by atoms with Crippen molar-refractivity contribution in [3.05, 3.63) is 65.6 Å². The van der Waals surface area contributed by atoms with E-state index in [1.807, 2.05) is 17.0 Å². The molecular formula is C27H30FN3O3. The van der Waals surface area contributed by atoms with Crippen molar-refractivity contribution in [2.75, 3.05) is 33.3 Å². The van der Waals surface area contributed by atoms with E-state index < -0.39 is 0 Å². The van der Waals surface area contributed by atoms with Gasteiger partial charge < -0.3 is 19.5 Å². The van der Waals surface area contributed by atoms with Crippen molar-refractivity contribution < 1.29 is 18.7 Å². The molecule has 0 atom stereocenters. The molecule has 2 aliphatic rings. The molecule has 2 aliphatic heterocycles. The molecule has 6 nitrogen and oxygen atoms in total. The first-order chi connectivity index (χ1) is 16.5. The second kappa shape index (κ2) is 9.49. The molecule has 0 bridgehead atoms. The summed E-state index contributed by atoms with van der Waals surface area (Å²) in [5, 5.41) is 1.20. The number of nitrogens with zero attached hydrogens (tertiary/aromatic N) is 2. The summed E-state index contributed by atoms with van der Waals surface area (Å²) in [6, 6.07) is 11.7. The summed E-state index contributed by atoms with van der Waals surface area (Å²) in [5.74, 6) is 1.00. The second-order valence-corrected chi connectivity index (χ2v) is 9.33. The lowest BCUT2D eigenvalue weighted by molar-refractivity contribution is -0.138. The van der Waals surface area contributed by atoms with Crippen LogP contribution in [0, 0.1) is 11.7 Å². The van der Waals surface area contributed by atoms with Crippen LogP contribution in [0.4, 0.5) is 4.39 Å². The first-order valence-corrected chi connectivity index (χ1v) is 12.0. The lowest BCUT2D eigenvalue weighted by atomic mass is 9.87. The largest absolute Gasteiger partial charge is 0.497 e. The monoisotopic (exact) mass is 463 g/mol. The van der Waals surface area contributed by atoms with Gasteiger partial charge in [-0.3, -0.25) is 9.59 Å². The summed E-state index contributed by atoms with van der Waals surface area (Å²) in [6.45, 7) is 2.63. The van der Waals surface area contributed by atoms with Crippen molar-refractivity contribution in [2.45, 2.75) is 31.6 Å². The highest BCUT2D eigenvalue weighted by Crippen LogP contribution is 2.35. The number of rotatable bonds is 4. The zero-order chi connectivity index (χ0) is 23.7. The molecule has 0 aliphatic carbocycles. The third kappa shape index (κ3) is 4.39. The zero-order valence-corrected chi connectivity index (χ0v) is 19.4. The minimum Gasteiger partial charge on any atom is -0.497 e. The smallest absolute Gasteiger partial charge is 0.253 e. The Hall–Kier alpha value is -3.35. The molecule has 1 aromatic heterocycles. The lowest BCUT2D eigenvalue weighted by Crippen LogP contribution is -2.46. The summed E-state index contributed by atoms with van der Waals surface area (Å²) >= 11 is 0. The number of H-pyrrole nitrogens is 1. The Labute approximate surface area is 198 Å². The standard InChI is InChI=1S/C27H30FN3O3/c1-34-22-6-7-25-23(16-22)24(17-29-25)18-8-12-30(13-9-18)27(33)20-10-14-31(15-11-20)26(32)19-2-4-21(28)5-3-19/h2-7,16-18,20,29H,8-15H2,1H3. The molecule has 34 heavy (non-hydrogen) atoms. The van der Waals surface area contributed by atoms with Gasteiger partial charge >= 0.3 is 0 Å². The molecule has 2 fully saturated rings. The van der Waals surface area contributed by atoms with E-state index in [0.717, 1.165) is 37.2 Å². The Morgan fingerprint density at radius 1 is 0.941 bits per heavy atom. The van der Waals surface area contributed by atoms with Crippen LogP contribution in [0.15, 0.2) is 48.7 Å². The normalized spacial score (nSPS) is 17.8. The molecule has 1 N–H and O–H groups in total. The van der Waals surface area contributed by atoms with Crippen LogP contribution in [0.2, 0.25) is 0 Å². The van der Waals surface area contributed by atoms with E-state index in [0.29, 0.717) is 37.4 Å². The number of ether oxygens (including phenoxy) is 1. The number of hydrogen-bond acceptors (Lipinski definition) is 3. The van der Waals surface area contributed by atoms with Gasteiger partial charge in [-0.25, -0.2) is 4.39 Å². The summed E-state index contributed by atoms with van der Waals surface area (Å²) < 4.78 is 18.5. The summed E-state index contributed by atoms with van der Waals surface area (Å²) in [5.41, 5.74) is 2.90. The minimum atomic E-state index is -0.353. The zero-order valence-electron chi connectivity index (χ0n) is 19.4. The van der Waals surface area contributed by atoms with Gasteiger partial charge in [0.15, 0.2) is 0 Å². The lowest BCUT2D eigenvalue weighted by Gasteiger charge is -2.37. The van der Waals surface area contributed by atoms with Gasteiger partial charge in [0, 0.05) is 54.8 Å². The fraction of sp³-hybridized carbons (Fsp3) is 0.407. The van der Waals surface area contributed by atoms with Crippen molar-refractivity contribution >= 4 is 22.7 Å². The Bertz CT molecular complexity index is 1170. The number of hydrogen-bond donors (Lipinski definition) is 1. The fourth-order valence-corrected chi connectivity index (χ4v) is 5.36. The first-order valence-electron chi connectivity index (χ1n) is 12.0. The predicted octanol–water partition coefficient (Wildman–Crippen LogP) is 4.57. The van der Waals surface area contributed by atoms with Gasteiger partial charge in [-0.1, -0.05) is 0 Å². The Balaban J connectivity index is 1.15. The van der Waals surface area contributed by atoms with Gasteiger partial charge in [0.1, 0.15) is 11.6 Å². The molecule has 0 saturated carbocycles. The van der Waals surface area contributed by atoms with Crippen LogP contribution in [0.5, 0.6) is 5.75 Å². The fourth-order valence-electron chi connectivity index (χ4n) is 5.36. The van der Waals surface area contributed by atoms with Crippen LogP contribution in [0.25, 0.3) is 10.9 Å². The average molecular weight is 464 g/mol. The SMILES string of the molecule is COc1ccc2[nH]cc(C3CCN(C(=O)C4CCN(C(=O)c5ccc(F)cc5)CC4)CC3)c2c1. The number of aromatic amines is 1. The van der Waals surface area contributed by atoms with Gasteiger partial charge in [-0.15, -0.1) is 0 Å². The number of methoxy groups -OCH3 is 1. The van der Waals surface area contributed by atoms with E-state index in [4.69, 9.17) is 4.74 Å². The van der Waals surface area contributed by atoms with Crippen molar-refractivity contribution in [3.63, 3.8) is 0 Å². The molecule has 0 radical (unpaired) electrons. The van der Waals surface area contributed by atoms with E-state index in [9.17, 15) is 14.0 Å². The number of carbonyl (C=O) groups is 2. The molecule has 3 heterocycles. The maximum Gasteiger partial charge on any atom is 0.253 e. The molecule has 178 valence electrons. The van der Waals surface area contributed by atoms with Crippen molar-refractivity contribution in [2.24, 2.45) is 5.92 Å². The van der Waals surface area contributed by atoms with E-state index in [-0.39, 0.29) is 23.5 Å². The predicted molar refractivity (Wildman–Crippen MR) is 128 cm³/mol. The third-order valence-electron chi connectivity index (χ3n) is 7.39. The molecule has 3 aromatic rings. The number of amides is 2. The third-order valence-corrected chi connectivity index (χ3v) is 7.39. The minimum absolute atomic E-state index is 0.0360. The van der Waals surface area contributed by atoms with E-state index in [1.165, 1.54) is 35.2 Å². The average Bonchev–Trinajstić information content (AvgIpc) is 3.31. The molecule has 2 saturated heterocycles. The van der Waals surface area contributed by atoms with Crippen LogP contribution in [-0.2, 0) is 4.79 Å². The molecule has 2 aromatic carbocycles. The van der Waals surface area contributed by atoms with Crippen molar-refractivity contribution in [1.82, 2.24) is 14.8 Å². The van der Waals surface area contributed by atoms with Crippen LogP contribution < -0.4 is 4.74 Å². The van der Waals surface area contributed by atoms with Crippen LogP contribution >= 0.6 is 0 Å². The van der Waals surface area contributed by atoms with E-state index in [1.54, 1.807) is 12.0 Å². The number of halogens is 1. The number of carbonyl (C=O) groups excluding carboxylic acids is 2. The number of piperidine rings is 2. The number of aromatic nitrogens is 1. The van der Waals surface area contributed by atoms with Gasteiger partial charge in [0.2, 0.25) is 5.91 Å². The Morgan fingerprint density at radius 2 is 1.62 bits per heavy atom. The maximum absolute atomic E-state index is 13.2. The number of fused-ring (bicyclic) bond motifs is 1. The summed E-state index contributed by atoms with van der Waals surface area (Å²) in [4.78, 5) is 33.0. The second-order valence-electron chi connectivity index (χ2n) is 9.33. The maximum atomic E-state index is 13.2. The highest BCUT2D eigenvalue weighted by Gasteiger charge is 2.33. The van der Waals surface area contributed by atoms with Crippen LogP contribution in [-0.4, -0.2) is 59.9 Å². The van der Waals surface area contributed by atoms with E-state index >= 15 is 0 Å². The highest BCUT2D eigenvalue weighted by atomic mass is 19.1. The van der Waals surface area contributed by atoms with Gasteiger partial charge in [-0.05, 0) is 79.6 Å². The topological polar surface area (TPSA) is 65.6 Å². The Morgan fingerprint density at radius 3 is 2.29 bits per heavy atom. The number of benzene rings is 2. The van der Waals surface area contributed by atoms with Gasteiger partial charge in [0.05, 0.1) is 7.11 Å².